The van der Waals surface area contributed by atoms with E-state index in [1.54, 1.807) is 22.8 Å². The number of hydrogen-bond donors (Lipinski definition) is 3. The van der Waals surface area contributed by atoms with Crippen LogP contribution in [-0.2, 0) is 6.54 Å². The van der Waals surface area contributed by atoms with Crippen LogP contribution in [0.3, 0.4) is 0 Å². The minimum atomic E-state index is -2.68. The molecule has 0 bridgehead atoms. The largest absolute Gasteiger partial charge is 0.465 e. The van der Waals surface area contributed by atoms with Crippen LogP contribution in [-0.4, -0.2) is 56.6 Å². The van der Waals surface area contributed by atoms with Gasteiger partial charge in [0.1, 0.15) is 0 Å². The molecule has 3 aromatic rings. The molecular weight excluding hydrogens is 504 g/mol. The number of hydrogen-bond acceptors (Lipinski definition) is 5. The molecule has 1 aliphatic rings. The average molecular weight is 534 g/mol. The normalized spacial score (nSPS) is 15.9. The zero-order valence-electron chi connectivity index (χ0n) is 20.8. The van der Waals surface area contributed by atoms with Crippen molar-refractivity contribution in [2.75, 3.05) is 18.4 Å². The number of amides is 3. The van der Waals surface area contributed by atoms with E-state index < -0.39 is 18.4 Å². The number of carboxylic acid groups (broad SMARTS) is 1. The van der Waals surface area contributed by atoms with Gasteiger partial charge in [0.05, 0.1) is 26.8 Å². The highest BCUT2D eigenvalue weighted by Gasteiger charge is 2.30. The van der Waals surface area contributed by atoms with Gasteiger partial charge in [-0.25, -0.2) is 18.6 Å². The third-order valence-corrected chi connectivity index (χ3v) is 7.19. The fraction of sp³-hybridized carbons (Fsp3) is 0.440. The number of aromatic nitrogens is 2. The molecule has 12 heteroatoms. The van der Waals surface area contributed by atoms with Gasteiger partial charge in [-0.3, -0.25) is 14.9 Å². The van der Waals surface area contributed by atoms with Crippen molar-refractivity contribution in [3.8, 4) is 0 Å². The average Bonchev–Trinajstić information content (AvgIpc) is 3.56. The fourth-order valence-electron chi connectivity index (χ4n) is 4.24. The van der Waals surface area contributed by atoms with Gasteiger partial charge >= 0.3 is 6.09 Å². The molecule has 4 rings (SSSR count). The lowest BCUT2D eigenvalue weighted by molar-refractivity contribution is 0.0938. The van der Waals surface area contributed by atoms with E-state index in [0.29, 0.717) is 47.4 Å². The van der Waals surface area contributed by atoms with Crippen molar-refractivity contribution in [1.82, 2.24) is 19.8 Å². The number of rotatable bonds is 7. The van der Waals surface area contributed by atoms with Gasteiger partial charge < -0.3 is 19.9 Å². The van der Waals surface area contributed by atoms with Crippen LogP contribution >= 0.6 is 11.3 Å². The highest BCUT2D eigenvalue weighted by molar-refractivity contribution is 7.14. The molecule has 0 radical (unpaired) electrons. The van der Waals surface area contributed by atoms with Gasteiger partial charge in [0.2, 0.25) is 5.95 Å². The minimum absolute atomic E-state index is 0.0952. The quantitative estimate of drug-likeness (QED) is 0.386. The second-order valence-electron chi connectivity index (χ2n) is 10.2. The molecule has 1 fully saturated rings. The molecule has 1 saturated heterocycles. The summed E-state index contributed by atoms with van der Waals surface area (Å²) in [5.74, 6) is -0.711. The maximum atomic E-state index is 13.0. The van der Waals surface area contributed by atoms with E-state index in [2.05, 4.69) is 15.6 Å². The smallest absolute Gasteiger partial charge is 0.407 e. The summed E-state index contributed by atoms with van der Waals surface area (Å²) < 4.78 is 27.7. The lowest BCUT2D eigenvalue weighted by Gasteiger charge is -2.23. The minimum Gasteiger partial charge on any atom is -0.465 e. The molecular formula is C25H29F2N5O4S. The molecule has 1 atom stereocenters. The van der Waals surface area contributed by atoms with Gasteiger partial charge in [-0.1, -0.05) is 20.8 Å². The van der Waals surface area contributed by atoms with E-state index in [1.807, 2.05) is 20.8 Å². The van der Waals surface area contributed by atoms with Crippen molar-refractivity contribution in [3.63, 3.8) is 0 Å². The lowest BCUT2D eigenvalue weighted by atomic mass is 9.97. The third-order valence-electron chi connectivity index (χ3n) is 6.10. The molecule has 3 N–H and O–H groups in total. The van der Waals surface area contributed by atoms with Gasteiger partial charge in [-0.05, 0) is 48.6 Å². The van der Waals surface area contributed by atoms with Crippen molar-refractivity contribution in [2.45, 2.75) is 52.6 Å². The number of halogens is 2. The summed E-state index contributed by atoms with van der Waals surface area (Å²) in [6.07, 6.45) is -2.33. The number of imidazole rings is 1. The van der Waals surface area contributed by atoms with Gasteiger partial charge in [-0.15, -0.1) is 11.3 Å². The topological polar surface area (TPSA) is 117 Å². The van der Waals surface area contributed by atoms with E-state index in [1.165, 1.54) is 17.0 Å². The van der Waals surface area contributed by atoms with Crippen LogP contribution in [0.2, 0.25) is 0 Å². The van der Waals surface area contributed by atoms with Crippen LogP contribution < -0.4 is 10.6 Å². The first kappa shape index (κ1) is 26.5. The SMILES string of the molecule is CC(C)(C)CNC(=O)c1ccc2c(c1)nc(NC(=O)c1ccc(C(F)F)s1)n2CC1CCCN1C(=O)O. The molecule has 0 saturated carbocycles. The number of carbonyl (C=O) groups is 3. The number of anilines is 1. The van der Waals surface area contributed by atoms with Gasteiger partial charge in [0.15, 0.2) is 0 Å². The number of nitrogens with zero attached hydrogens (tertiary/aromatic N) is 3. The number of fused-ring (bicyclic) bond motifs is 1. The monoisotopic (exact) mass is 533 g/mol. The zero-order valence-corrected chi connectivity index (χ0v) is 21.6. The van der Waals surface area contributed by atoms with Crippen LogP contribution in [0.4, 0.5) is 19.5 Å². The zero-order chi connectivity index (χ0) is 26.9. The third kappa shape index (κ3) is 6.07. The Balaban J connectivity index is 1.67. The molecule has 1 aromatic carbocycles. The predicted octanol–water partition coefficient (Wildman–Crippen LogP) is 5.21. The van der Waals surface area contributed by atoms with Crippen molar-refractivity contribution in [2.24, 2.45) is 5.41 Å². The predicted molar refractivity (Wildman–Crippen MR) is 137 cm³/mol. The van der Waals surface area contributed by atoms with Crippen LogP contribution in [0.15, 0.2) is 30.3 Å². The Morgan fingerprint density at radius 1 is 1.19 bits per heavy atom. The number of benzene rings is 1. The fourth-order valence-corrected chi connectivity index (χ4v) is 5.00. The Labute approximate surface area is 216 Å². The Morgan fingerprint density at radius 3 is 2.59 bits per heavy atom. The van der Waals surface area contributed by atoms with E-state index >= 15 is 0 Å². The molecule has 9 nitrogen and oxygen atoms in total. The first-order valence-electron chi connectivity index (χ1n) is 11.9. The molecule has 198 valence electrons. The van der Waals surface area contributed by atoms with E-state index in [0.717, 1.165) is 6.42 Å². The van der Waals surface area contributed by atoms with E-state index in [4.69, 9.17) is 0 Å². The molecule has 3 amide bonds. The Kier molecular flexibility index (Phi) is 7.49. The van der Waals surface area contributed by atoms with Crippen molar-refractivity contribution < 1.29 is 28.3 Å². The molecule has 1 unspecified atom stereocenters. The molecule has 3 heterocycles. The van der Waals surface area contributed by atoms with E-state index in [-0.39, 0.29) is 39.6 Å². The van der Waals surface area contributed by atoms with Crippen molar-refractivity contribution in [1.29, 1.82) is 0 Å². The van der Waals surface area contributed by atoms with Crippen molar-refractivity contribution in [3.05, 3.63) is 45.6 Å². The number of alkyl halides is 2. The summed E-state index contributed by atoms with van der Waals surface area (Å²) in [4.78, 5) is 43.0. The number of carbonyl (C=O) groups excluding carboxylic acids is 2. The number of thiophene rings is 1. The molecule has 0 aliphatic carbocycles. The maximum absolute atomic E-state index is 13.0. The van der Waals surface area contributed by atoms with Crippen LogP contribution in [0, 0.1) is 5.41 Å². The van der Waals surface area contributed by atoms with Gasteiger partial charge in [-0.2, -0.15) is 0 Å². The van der Waals surface area contributed by atoms with Crippen LogP contribution in [0.25, 0.3) is 11.0 Å². The summed E-state index contributed by atoms with van der Waals surface area (Å²) in [5.41, 5.74) is 1.35. The number of nitrogens with one attached hydrogen (secondary N) is 2. The Morgan fingerprint density at radius 2 is 1.95 bits per heavy atom. The van der Waals surface area contributed by atoms with Gasteiger partial charge in [0, 0.05) is 25.2 Å². The molecule has 2 aromatic heterocycles. The number of likely N-dealkylation sites (tertiary alicyclic amines) is 1. The second kappa shape index (κ2) is 10.4. The van der Waals surface area contributed by atoms with Crippen LogP contribution in [0.1, 0.15) is 64.9 Å². The highest BCUT2D eigenvalue weighted by atomic mass is 32.1. The van der Waals surface area contributed by atoms with E-state index in [9.17, 15) is 28.3 Å². The highest BCUT2D eigenvalue weighted by Crippen LogP contribution is 2.29. The summed E-state index contributed by atoms with van der Waals surface area (Å²) in [6, 6.07) is 7.19. The summed E-state index contributed by atoms with van der Waals surface area (Å²) in [6.45, 7) is 7.16. The van der Waals surface area contributed by atoms with Gasteiger partial charge in [0.25, 0.3) is 18.2 Å². The summed E-state index contributed by atoms with van der Waals surface area (Å²) in [5, 5.41) is 15.2. The first-order valence-corrected chi connectivity index (χ1v) is 12.7. The Hall–Kier alpha value is -3.54. The summed E-state index contributed by atoms with van der Waals surface area (Å²) in [7, 11) is 0. The standard InChI is InChI=1S/C25H29F2N5O4S/c1-25(2,3)13-28-21(33)14-6-7-17-16(11-14)29-23(30-22(34)19-9-8-18(37-19)20(26)27)32(17)12-15-5-4-10-31(15)24(35)36/h6-9,11,15,20H,4-5,10,12-13H2,1-3H3,(H,28,33)(H,35,36)(H,29,30,34). The first-order chi connectivity index (χ1) is 17.4. The maximum Gasteiger partial charge on any atom is 0.407 e. The second-order valence-corrected chi connectivity index (χ2v) is 11.3. The molecule has 0 spiro atoms. The molecule has 1 aliphatic heterocycles. The Bertz CT molecular complexity index is 1330. The van der Waals surface area contributed by atoms with Crippen molar-refractivity contribution >= 4 is 46.2 Å². The lowest BCUT2D eigenvalue weighted by Crippen LogP contribution is -2.37. The summed E-state index contributed by atoms with van der Waals surface area (Å²) >= 11 is 0.694. The van der Waals surface area contributed by atoms with Crippen LogP contribution in [0.5, 0.6) is 0 Å². The molecule has 37 heavy (non-hydrogen) atoms.